The average Bonchev–Trinajstić information content (AvgIpc) is 2.56. The van der Waals surface area contributed by atoms with Crippen LogP contribution in [0, 0.1) is 5.92 Å². The molecule has 1 aromatic carbocycles. The van der Waals surface area contributed by atoms with E-state index in [1.54, 1.807) is 0 Å². The van der Waals surface area contributed by atoms with Gasteiger partial charge in [-0.3, -0.25) is 0 Å². The van der Waals surface area contributed by atoms with Gasteiger partial charge in [0, 0.05) is 17.3 Å². The third-order valence-electron chi connectivity index (χ3n) is 5.51. The van der Waals surface area contributed by atoms with E-state index >= 15 is 0 Å². The lowest BCUT2D eigenvalue weighted by Gasteiger charge is -2.43. The Hall–Kier alpha value is -1.58. The van der Waals surface area contributed by atoms with Crippen LogP contribution in [0.25, 0.3) is 5.57 Å². The number of nitrogen functional groups attached to an aromatic ring is 1. The van der Waals surface area contributed by atoms with Gasteiger partial charge in [0.25, 0.3) is 0 Å². The molecule has 3 rings (SSSR count). The molecule has 1 fully saturated rings. The van der Waals surface area contributed by atoms with E-state index in [4.69, 9.17) is 11.5 Å². The highest BCUT2D eigenvalue weighted by atomic mass is 15.1. The molecule has 1 heterocycles. The molecule has 0 aromatic heterocycles. The van der Waals surface area contributed by atoms with Gasteiger partial charge in [-0.25, -0.2) is 0 Å². The van der Waals surface area contributed by atoms with Crippen LogP contribution in [0.2, 0.25) is 0 Å². The molecule has 3 nitrogen and oxygen atoms in total. The Kier molecular flexibility index (Phi) is 4.60. The maximum absolute atomic E-state index is 6.75. The third kappa shape index (κ3) is 3.51. The molecule has 0 bridgehead atoms. The van der Waals surface area contributed by atoms with Crippen molar-refractivity contribution < 1.29 is 0 Å². The first-order valence-corrected chi connectivity index (χ1v) is 8.76. The topological polar surface area (TPSA) is 55.3 Å². The number of nitrogens with zero attached hydrogens (tertiary/aromatic N) is 1. The highest BCUT2D eigenvalue weighted by Gasteiger charge is 2.35. The summed E-state index contributed by atoms with van der Waals surface area (Å²) in [7, 11) is 0. The summed E-state index contributed by atoms with van der Waals surface area (Å²) >= 11 is 0. The number of hydrogen-bond donors (Lipinski definition) is 2. The highest BCUT2D eigenvalue weighted by molar-refractivity contribution is 5.76. The van der Waals surface area contributed by atoms with Gasteiger partial charge in [0.2, 0.25) is 0 Å². The minimum Gasteiger partial charge on any atom is -0.399 e. The summed E-state index contributed by atoms with van der Waals surface area (Å²) in [5, 5.41) is 0. The van der Waals surface area contributed by atoms with E-state index in [-0.39, 0.29) is 5.54 Å². The van der Waals surface area contributed by atoms with E-state index in [2.05, 4.69) is 49.1 Å². The van der Waals surface area contributed by atoms with Crippen molar-refractivity contribution in [2.45, 2.75) is 44.7 Å². The molecule has 1 unspecified atom stereocenters. The average molecular weight is 311 g/mol. The van der Waals surface area contributed by atoms with Crippen LogP contribution in [-0.4, -0.2) is 29.6 Å². The van der Waals surface area contributed by atoms with Crippen LogP contribution in [0.15, 0.2) is 42.5 Å². The summed E-state index contributed by atoms with van der Waals surface area (Å²) in [5.41, 5.74) is 15.6. The molecule has 3 heteroatoms. The van der Waals surface area contributed by atoms with Crippen LogP contribution in [0.1, 0.15) is 38.7 Å². The van der Waals surface area contributed by atoms with E-state index in [0.717, 1.165) is 12.1 Å². The second-order valence-corrected chi connectivity index (χ2v) is 7.34. The number of anilines is 1. The van der Waals surface area contributed by atoms with E-state index in [1.807, 2.05) is 12.1 Å². The Bertz CT molecular complexity index is 592. The molecule has 0 spiro atoms. The van der Waals surface area contributed by atoms with Gasteiger partial charge < -0.3 is 16.4 Å². The SMILES string of the molecule is CC(C)N1CCC(C2(N)C=CC(c3ccc(N)cc3)=CC2)CC1. The van der Waals surface area contributed by atoms with E-state index in [0.29, 0.717) is 12.0 Å². The number of benzene rings is 1. The lowest BCUT2D eigenvalue weighted by molar-refractivity contribution is 0.121. The van der Waals surface area contributed by atoms with Crippen molar-refractivity contribution in [2.24, 2.45) is 11.7 Å². The predicted octanol–water partition coefficient (Wildman–Crippen LogP) is 3.43. The second-order valence-electron chi connectivity index (χ2n) is 7.34. The lowest BCUT2D eigenvalue weighted by Crippen LogP contribution is -2.51. The maximum Gasteiger partial charge on any atom is 0.0407 e. The Morgan fingerprint density at radius 3 is 2.30 bits per heavy atom. The predicted molar refractivity (Wildman–Crippen MR) is 98.9 cm³/mol. The molecule has 23 heavy (non-hydrogen) atoms. The summed E-state index contributed by atoms with van der Waals surface area (Å²) in [5.74, 6) is 0.581. The smallest absolute Gasteiger partial charge is 0.0407 e. The van der Waals surface area contributed by atoms with Gasteiger partial charge in [-0.05, 0) is 75.4 Å². The molecule has 1 aromatic rings. The van der Waals surface area contributed by atoms with Crippen molar-refractivity contribution >= 4 is 11.3 Å². The minimum atomic E-state index is -0.180. The molecule has 1 atom stereocenters. The number of piperidine rings is 1. The first-order valence-electron chi connectivity index (χ1n) is 8.76. The number of allylic oxidation sites excluding steroid dienone is 2. The zero-order valence-corrected chi connectivity index (χ0v) is 14.3. The van der Waals surface area contributed by atoms with Gasteiger partial charge in [-0.2, -0.15) is 0 Å². The van der Waals surface area contributed by atoms with Crippen LogP contribution in [0.3, 0.4) is 0 Å². The summed E-state index contributed by atoms with van der Waals surface area (Å²) in [6.07, 6.45) is 10.1. The van der Waals surface area contributed by atoms with Crippen molar-refractivity contribution in [3.63, 3.8) is 0 Å². The zero-order chi connectivity index (χ0) is 16.4. The summed E-state index contributed by atoms with van der Waals surface area (Å²) in [6.45, 7) is 6.90. The van der Waals surface area contributed by atoms with Gasteiger partial charge in [0.15, 0.2) is 0 Å². The Morgan fingerprint density at radius 1 is 1.13 bits per heavy atom. The quantitative estimate of drug-likeness (QED) is 0.841. The summed E-state index contributed by atoms with van der Waals surface area (Å²) < 4.78 is 0. The Morgan fingerprint density at radius 2 is 1.78 bits per heavy atom. The summed E-state index contributed by atoms with van der Waals surface area (Å²) in [4.78, 5) is 2.56. The first kappa shape index (κ1) is 16.3. The number of nitrogens with two attached hydrogens (primary N) is 2. The van der Waals surface area contributed by atoms with E-state index in [9.17, 15) is 0 Å². The molecule has 0 amide bonds. The molecule has 2 aliphatic rings. The van der Waals surface area contributed by atoms with Crippen LogP contribution in [0.4, 0.5) is 5.69 Å². The van der Waals surface area contributed by atoms with Crippen molar-refractivity contribution in [2.75, 3.05) is 18.8 Å². The molecule has 124 valence electrons. The van der Waals surface area contributed by atoms with Gasteiger partial charge >= 0.3 is 0 Å². The number of likely N-dealkylation sites (tertiary alicyclic amines) is 1. The van der Waals surface area contributed by atoms with Crippen LogP contribution >= 0.6 is 0 Å². The maximum atomic E-state index is 6.75. The van der Waals surface area contributed by atoms with Gasteiger partial charge in [-0.15, -0.1) is 0 Å². The molecule has 4 N–H and O–H groups in total. The van der Waals surface area contributed by atoms with Gasteiger partial charge in [0.1, 0.15) is 0 Å². The molecule has 0 saturated carbocycles. The fourth-order valence-corrected chi connectivity index (χ4v) is 3.81. The summed E-state index contributed by atoms with van der Waals surface area (Å²) in [6, 6.07) is 8.71. The molecular weight excluding hydrogens is 282 g/mol. The fraction of sp³-hybridized carbons (Fsp3) is 0.500. The zero-order valence-electron chi connectivity index (χ0n) is 14.3. The Balaban J connectivity index is 1.65. The van der Waals surface area contributed by atoms with Crippen LogP contribution in [-0.2, 0) is 0 Å². The fourth-order valence-electron chi connectivity index (χ4n) is 3.81. The van der Waals surface area contributed by atoms with Crippen molar-refractivity contribution in [3.05, 3.63) is 48.1 Å². The van der Waals surface area contributed by atoms with Crippen molar-refractivity contribution in [1.29, 1.82) is 0 Å². The third-order valence-corrected chi connectivity index (χ3v) is 5.51. The van der Waals surface area contributed by atoms with Crippen molar-refractivity contribution in [1.82, 2.24) is 4.90 Å². The molecule has 1 aliphatic carbocycles. The van der Waals surface area contributed by atoms with E-state index < -0.39 is 0 Å². The second kappa shape index (κ2) is 6.50. The van der Waals surface area contributed by atoms with Gasteiger partial charge in [0.05, 0.1) is 0 Å². The number of rotatable bonds is 3. The number of hydrogen-bond acceptors (Lipinski definition) is 3. The monoisotopic (exact) mass is 311 g/mol. The van der Waals surface area contributed by atoms with Crippen LogP contribution < -0.4 is 11.5 Å². The standard InChI is InChI=1S/C20H29N3/c1-15(2)23-13-9-18(10-14-23)20(22)11-7-17(8-12-20)16-3-5-19(21)6-4-16/h3-8,11,15,18H,9-10,12-14,21-22H2,1-2H3. The molecular formula is C20H29N3. The molecule has 1 saturated heterocycles. The van der Waals surface area contributed by atoms with Crippen LogP contribution in [0.5, 0.6) is 0 Å². The largest absolute Gasteiger partial charge is 0.399 e. The van der Waals surface area contributed by atoms with E-state index in [1.165, 1.54) is 37.1 Å². The molecule has 0 radical (unpaired) electrons. The van der Waals surface area contributed by atoms with Crippen molar-refractivity contribution in [3.8, 4) is 0 Å². The lowest BCUT2D eigenvalue weighted by atomic mass is 9.73. The van der Waals surface area contributed by atoms with Gasteiger partial charge in [-0.1, -0.05) is 30.4 Å². The Labute approximate surface area is 140 Å². The highest BCUT2D eigenvalue weighted by Crippen LogP contribution is 2.35. The minimum absolute atomic E-state index is 0.180. The molecule has 1 aliphatic heterocycles. The first-order chi connectivity index (χ1) is 11.0. The normalized spacial score (nSPS) is 26.5.